The Bertz CT molecular complexity index is 151. The van der Waals surface area contributed by atoms with E-state index in [4.69, 9.17) is 15.9 Å². The van der Waals surface area contributed by atoms with Gasteiger partial charge in [0.25, 0.3) is 0 Å². The third-order valence-electron chi connectivity index (χ3n) is 0.986. The highest BCUT2D eigenvalue weighted by Crippen LogP contribution is 1.93. The largest absolute Gasteiger partial charge is 0.481 e. The smallest absolute Gasteiger partial charge is 0.320 e. The molecule has 6 nitrogen and oxygen atoms in total. The van der Waals surface area contributed by atoms with Gasteiger partial charge in [-0.25, -0.2) is 0 Å². The van der Waals surface area contributed by atoms with Crippen molar-refractivity contribution < 1.29 is 25.3 Å². The van der Waals surface area contributed by atoms with Gasteiger partial charge >= 0.3 is 11.9 Å². The van der Waals surface area contributed by atoms with Gasteiger partial charge in [-0.3, -0.25) is 15.1 Å². The summed E-state index contributed by atoms with van der Waals surface area (Å²) < 4.78 is 0. The standard InChI is InChI=1S/C5H9NO4.ClH.HO/c6-3(5(9)10)1-2-4(7)8;;/h3H,1-2,6H2,(H,7,8)(H,9,10);2*1H/t3-;;/m0../s1. The summed E-state index contributed by atoms with van der Waals surface area (Å²) >= 11 is 0. The fourth-order valence-corrected chi connectivity index (χ4v) is 0.402. The zero-order valence-electron chi connectivity index (χ0n) is 6.14. The van der Waals surface area contributed by atoms with Crippen LogP contribution in [-0.4, -0.2) is 33.7 Å². The van der Waals surface area contributed by atoms with E-state index in [1.54, 1.807) is 0 Å². The number of aliphatic carboxylic acids is 2. The quantitative estimate of drug-likeness (QED) is 0.486. The van der Waals surface area contributed by atoms with Crippen molar-refractivity contribution >= 4 is 24.3 Å². The molecule has 0 amide bonds. The molecule has 0 aromatic carbocycles. The zero-order valence-corrected chi connectivity index (χ0v) is 6.95. The lowest BCUT2D eigenvalue weighted by molar-refractivity contribution is -0.139. The molecule has 0 aliphatic heterocycles. The Kier molecular flexibility index (Phi) is 11.9. The molecule has 0 bridgehead atoms. The molecule has 0 rings (SSSR count). The molecule has 12 heavy (non-hydrogen) atoms. The average Bonchev–Trinajstić information content (AvgIpc) is 1.82. The minimum absolute atomic E-state index is 0. The minimum atomic E-state index is -1.17. The Hall–Kier alpha value is -0.850. The Morgan fingerprint density at radius 3 is 2.00 bits per heavy atom. The van der Waals surface area contributed by atoms with E-state index in [0.29, 0.717) is 0 Å². The Balaban J connectivity index is -0.000000405. The summed E-state index contributed by atoms with van der Waals surface area (Å²) in [6.07, 6.45) is -0.224. The number of hydrogen-bond donors (Lipinski definition) is 4. The van der Waals surface area contributed by atoms with E-state index in [1.165, 1.54) is 0 Å². The van der Waals surface area contributed by atoms with Gasteiger partial charge in [-0.15, -0.1) is 12.4 Å². The molecular weight excluding hydrogens is 190 g/mol. The molecule has 0 spiro atoms. The van der Waals surface area contributed by atoms with Crippen molar-refractivity contribution in [3.05, 3.63) is 0 Å². The van der Waals surface area contributed by atoms with Crippen molar-refractivity contribution in [2.75, 3.05) is 0 Å². The number of halogens is 1. The predicted octanol–water partition coefficient (Wildman–Crippen LogP) is -0.492. The van der Waals surface area contributed by atoms with E-state index in [0.717, 1.165) is 0 Å². The monoisotopic (exact) mass is 200 g/mol. The molecule has 0 saturated carbocycles. The maximum atomic E-state index is 9.99. The van der Waals surface area contributed by atoms with Crippen molar-refractivity contribution in [2.24, 2.45) is 5.73 Å². The van der Waals surface area contributed by atoms with Gasteiger partial charge in [0, 0.05) is 6.42 Å². The van der Waals surface area contributed by atoms with E-state index < -0.39 is 18.0 Å². The Morgan fingerprint density at radius 1 is 1.33 bits per heavy atom. The zero-order chi connectivity index (χ0) is 8.15. The van der Waals surface area contributed by atoms with E-state index in [-0.39, 0.29) is 30.7 Å². The summed E-state index contributed by atoms with van der Waals surface area (Å²) in [6.45, 7) is 0. The van der Waals surface area contributed by atoms with Crippen molar-refractivity contribution in [3.63, 3.8) is 0 Å². The van der Waals surface area contributed by atoms with Crippen LogP contribution in [0.25, 0.3) is 0 Å². The molecule has 0 fully saturated rings. The maximum absolute atomic E-state index is 9.99. The van der Waals surface area contributed by atoms with E-state index in [1.807, 2.05) is 0 Å². The molecule has 0 unspecified atom stereocenters. The molecule has 1 radical (unpaired) electrons. The molecule has 0 aromatic heterocycles. The van der Waals surface area contributed by atoms with Crippen LogP contribution in [0.15, 0.2) is 0 Å². The lowest BCUT2D eigenvalue weighted by Crippen LogP contribution is -2.30. The summed E-state index contributed by atoms with van der Waals surface area (Å²) in [4.78, 5) is 19.9. The maximum Gasteiger partial charge on any atom is 0.320 e. The Morgan fingerprint density at radius 2 is 1.75 bits per heavy atom. The van der Waals surface area contributed by atoms with Gasteiger partial charge in [0.2, 0.25) is 0 Å². The summed E-state index contributed by atoms with van der Waals surface area (Å²) in [5.74, 6) is -2.20. The third kappa shape index (κ3) is 9.15. The molecular formula is C5H11ClNO5. The molecule has 5 N–H and O–H groups in total. The van der Waals surface area contributed by atoms with Crippen LogP contribution in [0.3, 0.4) is 0 Å². The fraction of sp³-hybridized carbons (Fsp3) is 0.600. The number of nitrogens with two attached hydrogens (primary N) is 1. The molecule has 0 aromatic rings. The first kappa shape index (κ1) is 17.3. The number of carboxylic acids is 2. The average molecular weight is 201 g/mol. The highest BCUT2D eigenvalue weighted by atomic mass is 35.5. The predicted molar refractivity (Wildman–Crippen MR) is 41.7 cm³/mol. The van der Waals surface area contributed by atoms with Crippen LogP contribution in [-0.2, 0) is 9.59 Å². The number of hydrogen-bond acceptors (Lipinski definition) is 3. The van der Waals surface area contributed by atoms with E-state index >= 15 is 0 Å². The first-order valence-corrected chi connectivity index (χ1v) is 2.74. The van der Waals surface area contributed by atoms with Crippen LogP contribution < -0.4 is 5.73 Å². The fourth-order valence-electron chi connectivity index (χ4n) is 0.402. The first-order chi connectivity index (χ1) is 4.54. The number of rotatable bonds is 4. The minimum Gasteiger partial charge on any atom is -0.481 e. The molecule has 73 valence electrons. The second-order valence-electron chi connectivity index (χ2n) is 1.88. The highest BCUT2D eigenvalue weighted by molar-refractivity contribution is 5.85. The van der Waals surface area contributed by atoms with Gasteiger partial charge in [-0.05, 0) is 6.42 Å². The van der Waals surface area contributed by atoms with Gasteiger partial charge in [0.15, 0.2) is 0 Å². The number of carbonyl (C=O) groups is 2. The van der Waals surface area contributed by atoms with Crippen LogP contribution in [0.1, 0.15) is 12.8 Å². The van der Waals surface area contributed by atoms with Crippen molar-refractivity contribution in [1.82, 2.24) is 0 Å². The van der Waals surface area contributed by atoms with Gasteiger partial charge < -0.3 is 15.9 Å². The van der Waals surface area contributed by atoms with Crippen LogP contribution in [0.5, 0.6) is 0 Å². The van der Waals surface area contributed by atoms with Gasteiger partial charge in [-0.2, -0.15) is 0 Å². The summed E-state index contributed by atoms with van der Waals surface area (Å²) in [5, 5.41) is 16.3. The molecule has 7 heteroatoms. The summed E-state index contributed by atoms with van der Waals surface area (Å²) in [5.41, 5.74) is 5.00. The number of carboxylic acid groups (broad SMARTS) is 2. The highest BCUT2D eigenvalue weighted by Gasteiger charge is 2.12. The summed E-state index contributed by atoms with van der Waals surface area (Å²) in [6, 6.07) is -1.06. The van der Waals surface area contributed by atoms with Crippen LogP contribution in [0.4, 0.5) is 0 Å². The van der Waals surface area contributed by atoms with Crippen molar-refractivity contribution in [3.8, 4) is 0 Å². The Labute approximate surface area is 75.1 Å². The third-order valence-corrected chi connectivity index (χ3v) is 0.986. The van der Waals surface area contributed by atoms with Gasteiger partial charge in [0.05, 0.1) is 0 Å². The second-order valence-corrected chi connectivity index (χ2v) is 1.88. The van der Waals surface area contributed by atoms with Crippen LogP contribution in [0, 0.1) is 0 Å². The second kappa shape index (κ2) is 8.25. The molecule has 0 heterocycles. The van der Waals surface area contributed by atoms with E-state index in [9.17, 15) is 9.59 Å². The molecule has 0 saturated heterocycles. The van der Waals surface area contributed by atoms with Crippen molar-refractivity contribution in [1.29, 1.82) is 0 Å². The molecule has 0 aliphatic carbocycles. The van der Waals surface area contributed by atoms with Crippen molar-refractivity contribution in [2.45, 2.75) is 18.9 Å². The van der Waals surface area contributed by atoms with Crippen LogP contribution in [0.2, 0.25) is 0 Å². The van der Waals surface area contributed by atoms with Gasteiger partial charge in [-0.1, -0.05) is 0 Å². The van der Waals surface area contributed by atoms with Gasteiger partial charge in [0.1, 0.15) is 6.04 Å². The normalized spacial score (nSPS) is 10.4. The molecule has 0 aliphatic rings. The first-order valence-electron chi connectivity index (χ1n) is 2.74. The SMILES string of the molecule is Cl.N[C@@H](CCC(=O)O)C(=O)O.[OH]. The summed E-state index contributed by atoms with van der Waals surface area (Å²) in [7, 11) is 0. The molecule has 1 atom stereocenters. The van der Waals surface area contributed by atoms with Crippen LogP contribution >= 0.6 is 12.4 Å². The lowest BCUT2D eigenvalue weighted by Gasteiger charge is -2.01. The lowest BCUT2D eigenvalue weighted by atomic mass is 10.2. The van der Waals surface area contributed by atoms with E-state index in [2.05, 4.69) is 0 Å². The topological polar surface area (TPSA) is 131 Å².